The van der Waals surface area contributed by atoms with Crippen molar-refractivity contribution in [2.75, 3.05) is 19.7 Å². The minimum atomic E-state index is -0.301. The molecule has 1 saturated carbocycles. The maximum Gasteiger partial charge on any atom is 0.226 e. The molecule has 98 valence electrons. The van der Waals surface area contributed by atoms with Gasteiger partial charge in [-0.05, 0) is 51.6 Å². The van der Waals surface area contributed by atoms with E-state index in [0.29, 0.717) is 0 Å². The molecule has 2 aliphatic rings. The monoisotopic (exact) mass is 240 g/mol. The van der Waals surface area contributed by atoms with E-state index in [1.165, 1.54) is 0 Å². The van der Waals surface area contributed by atoms with Crippen LogP contribution in [0.2, 0.25) is 0 Å². The van der Waals surface area contributed by atoms with E-state index in [-0.39, 0.29) is 23.5 Å². The first-order valence-electron chi connectivity index (χ1n) is 6.81. The zero-order valence-corrected chi connectivity index (χ0v) is 10.7. The van der Waals surface area contributed by atoms with E-state index in [1.807, 2.05) is 0 Å². The van der Waals surface area contributed by atoms with Crippen LogP contribution in [0.25, 0.3) is 0 Å². The molecule has 0 atom stereocenters. The van der Waals surface area contributed by atoms with Gasteiger partial charge in [0.1, 0.15) is 0 Å². The SMILES string of the molecule is CCC1(C(=O)NC2(CO)CCC2)CCNCC1. The first kappa shape index (κ1) is 12.8. The second kappa shape index (κ2) is 4.94. The zero-order chi connectivity index (χ0) is 12.4. The predicted molar refractivity (Wildman–Crippen MR) is 66.6 cm³/mol. The summed E-state index contributed by atoms with van der Waals surface area (Å²) in [6, 6.07) is 0. The molecule has 4 heteroatoms. The maximum atomic E-state index is 12.5. The van der Waals surface area contributed by atoms with Gasteiger partial charge in [-0.15, -0.1) is 0 Å². The number of hydrogen-bond donors (Lipinski definition) is 3. The van der Waals surface area contributed by atoms with Crippen molar-refractivity contribution < 1.29 is 9.90 Å². The number of rotatable bonds is 4. The Morgan fingerprint density at radius 1 is 1.29 bits per heavy atom. The highest BCUT2D eigenvalue weighted by Crippen LogP contribution is 2.37. The lowest BCUT2D eigenvalue weighted by Gasteiger charge is -2.45. The highest BCUT2D eigenvalue weighted by atomic mass is 16.3. The van der Waals surface area contributed by atoms with Crippen LogP contribution in [0.4, 0.5) is 0 Å². The normalized spacial score (nSPS) is 26.0. The van der Waals surface area contributed by atoms with Crippen LogP contribution in [0.3, 0.4) is 0 Å². The number of carbonyl (C=O) groups excluding carboxylic acids is 1. The zero-order valence-electron chi connectivity index (χ0n) is 10.7. The average Bonchev–Trinajstić information content (AvgIpc) is 2.34. The standard InChI is InChI=1S/C13H24N2O2/c1-2-12(6-8-14-9-7-12)11(17)15-13(10-16)4-3-5-13/h14,16H,2-10H2,1H3,(H,15,17). The third-order valence-electron chi connectivity index (χ3n) is 4.71. The van der Waals surface area contributed by atoms with E-state index in [0.717, 1.165) is 51.6 Å². The van der Waals surface area contributed by atoms with Gasteiger partial charge in [-0.2, -0.15) is 0 Å². The van der Waals surface area contributed by atoms with Crippen molar-refractivity contribution in [1.82, 2.24) is 10.6 Å². The molecule has 2 rings (SSSR count). The molecule has 0 radical (unpaired) electrons. The third-order valence-corrected chi connectivity index (χ3v) is 4.71. The number of aliphatic hydroxyl groups excluding tert-OH is 1. The van der Waals surface area contributed by atoms with Crippen molar-refractivity contribution in [3.05, 3.63) is 0 Å². The predicted octanol–water partition coefficient (Wildman–Crippen LogP) is 0.797. The van der Waals surface area contributed by atoms with Crippen molar-refractivity contribution in [1.29, 1.82) is 0 Å². The second-order valence-electron chi connectivity index (χ2n) is 5.63. The van der Waals surface area contributed by atoms with Crippen molar-refractivity contribution >= 4 is 5.91 Å². The second-order valence-corrected chi connectivity index (χ2v) is 5.63. The fourth-order valence-corrected chi connectivity index (χ4v) is 2.95. The molecule has 0 aromatic heterocycles. The van der Waals surface area contributed by atoms with E-state index in [1.54, 1.807) is 0 Å². The van der Waals surface area contributed by atoms with Gasteiger partial charge in [-0.1, -0.05) is 6.92 Å². The van der Waals surface area contributed by atoms with E-state index >= 15 is 0 Å². The lowest BCUT2D eigenvalue weighted by Crippen LogP contribution is -2.60. The first-order chi connectivity index (χ1) is 8.16. The van der Waals surface area contributed by atoms with E-state index < -0.39 is 0 Å². The van der Waals surface area contributed by atoms with Crippen LogP contribution in [0.15, 0.2) is 0 Å². The van der Waals surface area contributed by atoms with Gasteiger partial charge in [0, 0.05) is 0 Å². The molecule has 2 fully saturated rings. The number of carbonyl (C=O) groups is 1. The van der Waals surface area contributed by atoms with Crippen molar-refractivity contribution in [3.63, 3.8) is 0 Å². The largest absolute Gasteiger partial charge is 0.394 e. The summed E-state index contributed by atoms with van der Waals surface area (Å²) in [6.07, 6.45) is 5.68. The summed E-state index contributed by atoms with van der Waals surface area (Å²) in [5, 5.41) is 15.8. The maximum absolute atomic E-state index is 12.5. The Bertz CT molecular complexity index is 276. The van der Waals surface area contributed by atoms with Gasteiger partial charge >= 0.3 is 0 Å². The van der Waals surface area contributed by atoms with Gasteiger partial charge in [0.25, 0.3) is 0 Å². The summed E-state index contributed by atoms with van der Waals surface area (Å²) in [4.78, 5) is 12.5. The highest BCUT2D eigenvalue weighted by molar-refractivity contribution is 5.83. The summed E-state index contributed by atoms with van der Waals surface area (Å²) in [5.41, 5.74) is -0.507. The van der Waals surface area contributed by atoms with Gasteiger partial charge < -0.3 is 15.7 Å². The number of nitrogens with one attached hydrogen (secondary N) is 2. The lowest BCUT2D eigenvalue weighted by atomic mass is 9.72. The van der Waals surface area contributed by atoms with Gasteiger partial charge in [-0.25, -0.2) is 0 Å². The molecule has 17 heavy (non-hydrogen) atoms. The smallest absolute Gasteiger partial charge is 0.226 e. The molecule has 4 nitrogen and oxygen atoms in total. The average molecular weight is 240 g/mol. The summed E-state index contributed by atoms with van der Waals surface area (Å²) in [7, 11) is 0. The number of piperidine rings is 1. The first-order valence-corrected chi connectivity index (χ1v) is 6.81. The molecule has 1 aliphatic carbocycles. The molecule has 1 heterocycles. The molecule has 0 bridgehead atoms. The summed E-state index contributed by atoms with van der Waals surface area (Å²) in [5.74, 6) is 0.162. The topological polar surface area (TPSA) is 61.4 Å². The Balaban J connectivity index is 2.01. The summed E-state index contributed by atoms with van der Waals surface area (Å²) in [6.45, 7) is 4.02. The van der Waals surface area contributed by atoms with Crippen LogP contribution in [0.1, 0.15) is 45.4 Å². The molecule has 3 N–H and O–H groups in total. The molecule has 0 aromatic carbocycles. The Morgan fingerprint density at radius 3 is 2.35 bits per heavy atom. The minimum Gasteiger partial charge on any atom is -0.394 e. The van der Waals surface area contributed by atoms with Crippen molar-refractivity contribution in [2.24, 2.45) is 5.41 Å². The van der Waals surface area contributed by atoms with Gasteiger partial charge in [0.05, 0.1) is 17.6 Å². The number of hydrogen-bond acceptors (Lipinski definition) is 3. The van der Waals surface area contributed by atoms with Crippen LogP contribution in [0, 0.1) is 5.41 Å². The Hall–Kier alpha value is -0.610. The highest BCUT2D eigenvalue weighted by Gasteiger charge is 2.44. The number of amides is 1. The summed E-state index contributed by atoms with van der Waals surface area (Å²) >= 11 is 0. The number of aliphatic hydroxyl groups is 1. The van der Waals surface area contributed by atoms with Crippen LogP contribution < -0.4 is 10.6 Å². The Kier molecular flexibility index (Phi) is 3.73. The Morgan fingerprint density at radius 2 is 1.94 bits per heavy atom. The molecule has 0 unspecified atom stereocenters. The van der Waals surface area contributed by atoms with E-state index in [2.05, 4.69) is 17.6 Å². The molecule has 1 aliphatic heterocycles. The van der Waals surface area contributed by atoms with Crippen molar-refractivity contribution in [2.45, 2.75) is 51.0 Å². The summed E-state index contributed by atoms with van der Waals surface area (Å²) < 4.78 is 0. The fraction of sp³-hybridized carbons (Fsp3) is 0.923. The quantitative estimate of drug-likeness (QED) is 0.681. The van der Waals surface area contributed by atoms with Crippen LogP contribution >= 0.6 is 0 Å². The molecule has 0 aromatic rings. The third kappa shape index (κ3) is 2.33. The van der Waals surface area contributed by atoms with Gasteiger partial charge in [0.2, 0.25) is 5.91 Å². The molecular weight excluding hydrogens is 216 g/mol. The molecular formula is C13H24N2O2. The fourth-order valence-electron chi connectivity index (χ4n) is 2.95. The van der Waals surface area contributed by atoms with Crippen LogP contribution in [-0.4, -0.2) is 36.2 Å². The molecule has 0 spiro atoms. The minimum absolute atomic E-state index is 0.0801. The van der Waals surface area contributed by atoms with E-state index in [4.69, 9.17) is 0 Å². The van der Waals surface area contributed by atoms with E-state index in [9.17, 15) is 9.90 Å². The molecule has 1 amide bonds. The lowest BCUT2D eigenvalue weighted by molar-refractivity contribution is -0.137. The van der Waals surface area contributed by atoms with Crippen molar-refractivity contribution in [3.8, 4) is 0 Å². The van der Waals surface area contributed by atoms with Crippen LogP contribution in [0.5, 0.6) is 0 Å². The molecule has 1 saturated heterocycles. The van der Waals surface area contributed by atoms with Crippen LogP contribution in [-0.2, 0) is 4.79 Å². The van der Waals surface area contributed by atoms with Gasteiger partial charge in [0.15, 0.2) is 0 Å². The Labute approximate surface area is 103 Å². The van der Waals surface area contributed by atoms with Gasteiger partial charge in [-0.3, -0.25) is 4.79 Å².